The number of amides is 1. The van der Waals surface area contributed by atoms with Crippen LogP contribution < -0.4 is 10.9 Å². The lowest BCUT2D eigenvalue weighted by Crippen LogP contribution is -2.26. The second kappa shape index (κ2) is 7.39. The van der Waals surface area contributed by atoms with E-state index >= 15 is 0 Å². The maximum Gasteiger partial charge on any atom is 0.287 e. The first-order valence-corrected chi connectivity index (χ1v) is 9.24. The molecule has 0 fully saturated rings. The largest absolute Gasteiger partial charge is 0.349 e. The minimum atomic E-state index is -0.902. The summed E-state index contributed by atoms with van der Waals surface area (Å²) in [4.78, 5) is 37.8. The molecule has 4 rings (SSSR count). The number of thioether (sulfide) groups is 1. The second-order valence-corrected chi connectivity index (χ2v) is 6.95. The van der Waals surface area contributed by atoms with Crippen molar-refractivity contribution in [1.29, 1.82) is 0 Å². The van der Waals surface area contributed by atoms with E-state index in [0.717, 1.165) is 23.3 Å². The summed E-state index contributed by atoms with van der Waals surface area (Å²) in [6.45, 7) is 0.272. The molecule has 0 spiro atoms. The second-order valence-electron chi connectivity index (χ2n) is 5.86. The quantitative estimate of drug-likeness (QED) is 0.271. The summed E-state index contributed by atoms with van der Waals surface area (Å²) < 4.78 is 27.1. The third-order valence-corrected chi connectivity index (χ3v) is 4.81. The topological polar surface area (TPSA) is 104 Å². The molecule has 0 unspecified atom stereocenters. The smallest absolute Gasteiger partial charge is 0.287 e. The highest BCUT2D eigenvalue weighted by Gasteiger charge is 2.12. The average Bonchev–Trinajstić information content (AvgIpc) is 3.10. The first-order valence-electron chi connectivity index (χ1n) is 8.26. The highest BCUT2D eigenvalue weighted by atomic mass is 32.2. The molecule has 1 amide bonds. The summed E-state index contributed by atoms with van der Waals surface area (Å²) in [5.74, 6) is -1.53. The van der Waals surface area contributed by atoms with Gasteiger partial charge in [-0.1, -0.05) is 23.9 Å². The molecule has 0 aliphatic rings. The Balaban J connectivity index is 1.40. The van der Waals surface area contributed by atoms with Gasteiger partial charge in [-0.2, -0.15) is 0 Å². The molecule has 4 aromatic rings. The Morgan fingerprint density at radius 1 is 1.14 bits per heavy atom. The summed E-state index contributed by atoms with van der Waals surface area (Å²) in [6, 6.07) is 8.90. The fourth-order valence-electron chi connectivity index (χ4n) is 2.67. The fourth-order valence-corrected chi connectivity index (χ4v) is 3.39. The van der Waals surface area contributed by atoms with Gasteiger partial charge in [0, 0.05) is 18.4 Å². The Kier molecular flexibility index (Phi) is 4.78. The first kappa shape index (κ1) is 18.1. The lowest BCUT2D eigenvalue weighted by atomic mass is 10.2. The van der Waals surface area contributed by atoms with Crippen LogP contribution in [0.3, 0.4) is 0 Å². The number of carbonyl (C=O) groups excluding carboxylic acids is 1. The average molecular weight is 401 g/mol. The Morgan fingerprint density at radius 2 is 1.96 bits per heavy atom. The maximum atomic E-state index is 13.8. The number of para-hydroxylation sites is 2. The first-order chi connectivity index (χ1) is 13.5. The van der Waals surface area contributed by atoms with Crippen LogP contribution >= 0.6 is 11.8 Å². The molecule has 7 nitrogen and oxygen atoms in total. The number of aromatic nitrogens is 4. The van der Waals surface area contributed by atoms with Crippen LogP contribution in [0.15, 0.2) is 46.3 Å². The van der Waals surface area contributed by atoms with Crippen LogP contribution in [0.25, 0.3) is 21.9 Å². The van der Waals surface area contributed by atoms with Crippen molar-refractivity contribution in [3.05, 3.63) is 64.2 Å². The van der Waals surface area contributed by atoms with Crippen LogP contribution in [0.2, 0.25) is 0 Å². The number of imidazole rings is 1. The van der Waals surface area contributed by atoms with Crippen LogP contribution in [0.5, 0.6) is 0 Å². The number of hydrogen-bond donors (Lipinski definition) is 3. The van der Waals surface area contributed by atoms with Gasteiger partial charge in [-0.15, -0.1) is 0 Å². The number of aromatic amines is 2. The molecule has 28 heavy (non-hydrogen) atoms. The molecular formula is C18H13F2N5O2S. The van der Waals surface area contributed by atoms with Crippen molar-refractivity contribution >= 4 is 39.6 Å². The predicted molar refractivity (Wildman–Crippen MR) is 101 cm³/mol. The fraction of sp³-hybridized carbons (Fsp3) is 0.111. The van der Waals surface area contributed by atoms with Crippen molar-refractivity contribution in [2.75, 3.05) is 12.3 Å². The van der Waals surface area contributed by atoms with Crippen molar-refractivity contribution in [2.24, 2.45) is 0 Å². The molecular weight excluding hydrogens is 388 g/mol. The lowest BCUT2D eigenvalue weighted by molar-refractivity contribution is 0.0947. The third kappa shape index (κ3) is 3.58. The number of nitrogens with zero attached hydrogens (tertiary/aromatic N) is 2. The van der Waals surface area contributed by atoms with Gasteiger partial charge in [0.2, 0.25) is 0 Å². The van der Waals surface area contributed by atoms with Crippen LogP contribution in [-0.4, -0.2) is 38.1 Å². The van der Waals surface area contributed by atoms with Crippen LogP contribution in [0.4, 0.5) is 8.78 Å². The van der Waals surface area contributed by atoms with Gasteiger partial charge in [0.1, 0.15) is 11.3 Å². The van der Waals surface area contributed by atoms with Gasteiger partial charge < -0.3 is 15.3 Å². The molecule has 0 aliphatic carbocycles. The van der Waals surface area contributed by atoms with Gasteiger partial charge in [0.25, 0.3) is 11.5 Å². The van der Waals surface area contributed by atoms with Gasteiger partial charge >= 0.3 is 0 Å². The number of fused-ring (bicyclic) bond motifs is 2. The SMILES string of the molecule is O=C(NCCSc1nc2c(F)cc(F)cc2c(=O)[nH]1)c1nc2ccccc2[nH]1. The van der Waals surface area contributed by atoms with Gasteiger partial charge in [-0.05, 0) is 18.2 Å². The number of carbonyl (C=O) groups is 1. The molecule has 2 aromatic heterocycles. The summed E-state index contributed by atoms with van der Waals surface area (Å²) in [6.07, 6.45) is 0. The van der Waals surface area contributed by atoms with Gasteiger partial charge in [0.15, 0.2) is 16.8 Å². The number of hydrogen-bond acceptors (Lipinski definition) is 5. The standard InChI is InChI=1S/C18H13F2N5O2S/c19-9-7-10-14(11(20)8-9)24-18(25-16(10)26)28-6-5-21-17(27)15-22-12-3-1-2-4-13(12)23-15/h1-4,7-8H,5-6H2,(H,21,27)(H,22,23)(H,24,25,26). The molecule has 0 radical (unpaired) electrons. The lowest BCUT2D eigenvalue weighted by Gasteiger charge is -2.05. The van der Waals surface area contributed by atoms with E-state index in [1.54, 1.807) is 6.07 Å². The van der Waals surface area contributed by atoms with Crippen molar-refractivity contribution < 1.29 is 13.6 Å². The zero-order valence-electron chi connectivity index (χ0n) is 14.3. The highest BCUT2D eigenvalue weighted by molar-refractivity contribution is 7.99. The Labute approximate surface area is 160 Å². The van der Waals surface area contributed by atoms with Crippen molar-refractivity contribution in [3.63, 3.8) is 0 Å². The zero-order valence-corrected chi connectivity index (χ0v) is 15.1. The number of halogens is 2. The van der Waals surface area contributed by atoms with Crippen LogP contribution in [-0.2, 0) is 0 Å². The number of H-pyrrole nitrogens is 2. The van der Waals surface area contributed by atoms with Crippen LogP contribution in [0, 0.1) is 11.6 Å². The zero-order chi connectivity index (χ0) is 19.7. The minimum Gasteiger partial charge on any atom is -0.349 e. The molecule has 0 aliphatic heterocycles. The van der Waals surface area contributed by atoms with Gasteiger partial charge in [-0.3, -0.25) is 9.59 Å². The minimum absolute atomic E-state index is 0.153. The predicted octanol–water partition coefficient (Wildman–Crippen LogP) is 2.60. The van der Waals surface area contributed by atoms with Crippen LogP contribution in [0.1, 0.15) is 10.6 Å². The molecule has 3 N–H and O–H groups in total. The summed E-state index contributed by atoms with van der Waals surface area (Å²) in [5, 5.41) is 2.73. The van der Waals surface area contributed by atoms with E-state index in [0.29, 0.717) is 17.3 Å². The monoisotopic (exact) mass is 401 g/mol. The van der Waals surface area contributed by atoms with Crippen molar-refractivity contribution in [3.8, 4) is 0 Å². The van der Waals surface area contributed by atoms with E-state index in [9.17, 15) is 18.4 Å². The van der Waals surface area contributed by atoms with E-state index in [2.05, 4.69) is 25.3 Å². The third-order valence-electron chi connectivity index (χ3n) is 3.94. The van der Waals surface area contributed by atoms with E-state index < -0.39 is 17.2 Å². The van der Waals surface area contributed by atoms with Crippen molar-refractivity contribution in [2.45, 2.75) is 5.16 Å². The number of rotatable bonds is 5. The van der Waals surface area contributed by atoms with E-state index in [-0.39, 0.29) is 34.3 Å². The summed E-state index contributed by atoms with van der Waals surface area (Å²) in [7, 11) is 0. The molecule has 0 saturated heterocycles. The summed E-state index contributed by atoms with van der Waals surface area (Å²) >= 11 is 1.13. The molecule has 2 heterocycles. The molecule has 2 aromatic carbocycles. The van der Waals surface area contributed by atoms with Gasteiger partial charge in [-0.25, -0.2) is 18.7 Å². The molecule has 142 valence electrons. The van der Waals surface area contributed by atoms with Crippen molar-refractivity contribution in [1.82, 2.24) is 25.3 Å². The number of nitrogens with one attached hydrogen (secondary N) is 3. The van der Waals surface area contributed by atoms with E-state index in [1.807, 2.05) is 18.2 Å². The van der Waals surface area contributed by atoms with E-state index in [4.69, 9.17) is 0 Å². The summed E-state index contributed by atoms with van der Waals surface area (Å²) in [5.41, 5.74) is 0.632. The van der Waals surface area contributed by atoms with E-state index in [1.165, 1.54) is 0 Å². The molecule has 0 bridgehead atoms. The molecule has 0 atom stereocenters. The Bertz CT molecular complexity index is 1220. The normalized spacial score (nSPS) is 11.2. The highest BCUT2D eigenvalue weighted by Crippen LogP contribution is 2.18. The maximum absolute atomic E-state index is 13.8. The number of benzene rings is 2. The Morgan fingerprint density at radius 3 is 2.79 bits per heavy atom. The molecule has 0 saturated carbocycles. The van der Waals surface area contributed by atoms with Gasteiger partial charge in [0.05, 0.1) is 16.4 Å². The molecule has 10 heteroatoms. The Hall–Kier alpha value is -3.27.